The van der Waals surface area contributed by atoms with Gasteiger partial charge in [-0.2, -0.15) is 4.99 Å². The van der Waals surface area contributed by atoms with Crippen LogP contribution in [-0.2, 0) is 29.9 Å². The molecule has 0 spiro atoms. The molecule has 2 aromatic carbocycles. The molecule has 2 aromatic rings. The molecule has 1 fully saturated rings. The number of amides is 2. The average molecular weight is 580 g/mol. The predicted molar refractivity (Wildman–Crippen MR) is 145 cm³/mol. The number of ether oxygens (including phenoxy) is 3. The summed E-state index contributed by atoms with van der Waals surface area (Å²) in [5.41, 5.74) is 11.7. The van der Waals surface area contributed by atoms with Crippen LogP contribution >= 0.6 is 11.6 Å². The van der Waals surface area contributed by atoms with Crippen LogP contribution in [0.2, 0.25) is 5.02 Å². The van der Waals surface area contributed by atoms with Gasteiger partial charge in [0.25, 0.3) is 11.8 Å². The second-order valence-electron chi connectivity index (χ2n) is 9.17. The number of sulfone groups is 1. The van der Waals surface area contributed by atoms with Crippen LogP contribution in [0.4, 0.5) is 5.69 Å². The first-order valence-corrected chi connectivity index (χ1v) is 14.1. The smallest absolute Gasteiger partial charge is 0.280 e. The normalized spacial score (nSPS) is 16.3. The minimum absolute atomic E-state index is 0.0102. The zero-order valence-corrected chi connectivity index (χ0v) is 23.2. The molecule has 1 saturated heterocycles. The second kappa shape index (κ2) is 11.9. The van der Waals surface area contributed by atoms with Gasteiger partial charge < -0.3 is 30.6 Å². The van der Waals surface area contributed by atoms with Crippen molar-refractivity contribution in [1.82, 2.24) is 4.90 Å². The number of carbonyl (C=O) groups is 2. The van der Waals surface area contributed by atoms with Crippen molar-refractivity contribution in [1.29, 1.82) is 0 Å². The van der Waals surface area contributed by atoms with Gasteiger partial charge in [0, 0.05) is 50.1 Å². The second-order valence-corrected chi connectivity index (χ2v) is 11.5. The molecule has 0 saturated carbocycles. The SMILES string of the molecule is COCC(=O)N(CCN1CCOCC1)c1cc(Cl)c2c(c1)CS(=O)(=O)c1cc(C(=O)N=C(N)N)cc(C)c1O2. The van der Waals surface area contributed by atoms with Crippen LogP contribution < -0.4 is 21.1 Å². The predicted octanol–water partition coefficient (Wildman–Crippen LogP) is 1.45. The third-order valence-electron chi connectivity index (χ3n) is 6.33. The molecule has 2 aliphatic rings. The van der Waals surface area contributed by atoms with E-state index >= 15 is 0 Å². The van der Waals surface area contributed by atoms with Crippen LogP contribution in [0.1, 0.15) is 21.5 Å². The van der Waals surface area contributed by atoms with Crippen LogP contribution in [-0.4, -0.2) is 84.2 Å². The quantitative estimate of drug-likeness (QED) is 0.362. The van der Waals surface area contributed by atoms with Gasteiger partial charge in [0.1, 0.15) is 23.0 Å². The summed E-state index contributed by atoms with van der Waals surface area (Å²) in [6.45, 7) is 5.08. The van der Waals surface area contributed by atoms with Crippen LogP contribution in [0, 0.1) is 6.92 Å². The van der Waals surface area contributed by atoms with Gasteiger partial charge in [-0.1, -0.05) is 11.6 Å². The fourth-order valence-corrected chi connectivity index (χ4v) is 6.31. The highest BCUT2D eigenvalue weighted by atomic mass is 35.5. The summed E-state index contributed by atoms with van der Waals surface area (Å²) >= 11 is 6.63. The number of aryl methyl sites for hydroxylation is 1. The van der Waals surface area contributed by atoms with E-state index in [9.17, 15) is 18.0 Å². The highest BCUT2D eigenvalue weighted by molar-refractivity contribution is 7.90. The summed E-state index contributed by atoms with van der Waals surface area (Å²) in [6.07, 6.45) is 0. The number of fused-ring (bicyclic) bond motifs is 2. The standard InChI is InChI=1S/C25H30ClN5O7S/c1-15-9-16(24(33)29-25(27)28)11-20-22(15)38-23-17(14-39(20,34)35)10-18(12-19(23)26)31(21(32)13-36-2)4-3-30-5-7-37-8-6-30/h9-12H,3-8,13-14H2,1-2H3,(H4,27,28,29,33). The monoisotopic (exact) mass is 579 g/mol. The average Bonchev–Trinajstić information content (AvgIpc) is 2.98. The van der Waals surface area contributed by atoms with Crippen molar-refractivity contribution in [3.63, 3.8) is 0 Å². The lowest BCUT2D eigenvalue weighted by molar-refractivity contribution is -0.122. The van der Waals surface area contributed by atoms with Crippen molar-refractivity contribution in [2.75, 3.05) is 58.0 Å². The Morgan fingerprint density at radius 3 is 2.54 bits per heavy atom. The maximum atomic E-state index is 13.5. The lowest BCUT2D eigenvalue weighted by atomic mass is 10.1. The van der Waals surface area contributed by atoms with E-state index in [2.05, 4.69) is 9.89 Å². The number of guanidine groups is 1. The molecule has 0 aliphatic carbocycles. The highest BCUT2D eigenvalue weighted by Gasteiger charge is 2.32. The van der Waals surface area contributed by atoms with Gasteiger partial charge >= 0.3 is 0 Å². The Morgan fingerprint density at radius 2 is 1.87 bits per heavy atom. The van der Waals surface area contributed by atoms with Gasteiger partial charge in [0.2, 0.25) is 0 Å². The van der Waals surface area contributed by atoms with Gasteiger partial charge in [0.05, 0.1) is 24.0 Å². The van der Waals surface area contributed by atoms with Gasteiger partial charge in [-0.05, 0) is 36.8 Å². The number of halogens is 1. The molecular weight excluding hydrogens is 550 g/mol. The van der Waals surface area contributed by atoms with Crippen LogP contribution in [0.25, 0.3) is 0 Å². The van der Waals surface area contributed by atoms with E-state index in [1.807, 2.05) is 0 Å². The maximum absolute atomic E-state index is 13.5. The third kappa shape index (κ3) is 6.50. The number of carbonyl (C=O) groups excluding carboxylic acids is 2. The fraction of sp³-hybridized carbons (Fsp3) is 0.400. The Hall–Kier alpha value is -3.23. The summed E-state index contributed by atoms with van der Waals surface area (Å²) in [7, 11) is -2.59. The van der Waals surface area contributed by atoms with Crippen molar-refractivity contribution in [3.05, 3.63) is 46.0 Å². The number of aliphatic imine (C=N–C) groups is 1. The Labute approximate surface area is 231 Å². The molecular formula is C25H30ClN5O7S. The number of benzene rings is 2. The lowest BCUT2D eigenvalue weighted by Gasteiger charge is -2.30. The molecule has 0 unspecified atom stereocenters. The van der Waals surface area contributed by atoms with Crippen LogP contribution in [0.3, 0.4) is 0 Å². The summed E-state index contributed by atoms with van der Waals surface area (Å²) in [4.78, 5) is 32.4. The molecule has 2 amide bonds. The molecule has 4 N–H and O–H groups in total. The topological polar surface area (TPSA) is 167 Å². The number of hydrogen-bond donors (Lipinski definition) is 2. The number of methoxy groups -OCH3 is 1. The number of nitrogens with zero attached hydrogens (tertiary/aromatic N) is 3. The molecule has 2 aliphatic heterocycles. The number of hydrogen-bond acceptors (Lipinski definition) is 8. The van der Waals surface area contributed by atoms with E-state index in [1.165, 1.54) is 24.1 Å². The van der Waals surface area contributed by atoms with Crippen molar-refractivity contribution >= 4 is 44.9 Å². The lowest BCUT2D eigenvalue weighted by Crippen LogP contribution is -2.44. The van der Waals surface area contributed by atoms with E-state index in [-0.39, 0.29) is 45.1 Å². The first-order valence-electron chi connectivity index (χ1n) is 12.1. The van der Waals surface area contributed by atoms with Crippen molar-refractivity contribution < 1.29 is 32.2 Å². The molecule has 0 bridgehead atoms. The first kappa shape index (κ1) is 28.8. The van der Waals surface area contributed by atoms with Crippen molar-refractivity contribution in [3.8, 4) is 11.5 Å². The largest absolute Gasteiger partial charge is 0.454 e. The number of nitrogens with two attached hydrogens (primary N) is 2. The van der Waals surface area contributed by atoms with E-state index in [0.717, 1.165) is 13.1 Å². The minimum atomic E-state index is -4.02. The molecule has 12 nitrogen and oxygen atoms in total. The molecule has 0 atom stereocenters. The van der Waals surface area contributed by atoms with Gasteiger partial charge in [0.15, 0.2) is 15.8 Å². The molecule has 0 aromatic heterocycles. The number of anilines is 1. The Bertz CT molecular complexity index is 1420. The summed E-state index contributed by atoms with van der Waals surface area (Å²) in [6, 6.07) is 5.77. The van der Waals surface area contributed by atoms with Gasteiger partial charge in [-0.15, -0.1) is 0 Å². The van der Waals surface area contributed by atoms with Crippen molar-refractivity contribution in [2.24, 2.45) is 16.5 Å². The Balaban J connectivity index is 1.72. The first-order chi connectivity index (χ1) is 18.5. The summed E-state index contributed by atoms with van der Waals surface area (Å²) in [5.74, 6) is -1.81. The molecule has 210 valence electrons. The molecule has 39 heavy (non-hydrogen) atoms. The third-order valence-corrected chi connectivity index (χ3v) is 8.28. The molecule has 2 heterocycles. The molecule has 14 heteroatoms. The van der Waals surface area contributed by atoms with Crippen LogP contribution in [0.15, 0.2) is 34.2 Å². The number of morpholine rings is 1. The van der Waals surface area contributed by atoms with E-state index in [4.69, 9.17) is 37.3 Å². The van der Waals surface area contributed by atoms with E-state index < -0.39 is 27.5 Å². The Morgan fingerprint density at radius 1 is 1.15 bits per heavy atom. The molecule has 4 rings (SSSR count). The van der Waals surface area contributed by atoms with Crippen molar-refractivity contribution in [2.45, 2.75) is 17.6 Å². The number of rotatable bonds is 7. The summed E-state index contributed by atoms with van der Waals surface area (Å²) < 4.78 is 43.6. The summed E-state index contributed by atoms with van der Waals surface area (Å²) in [5, 5.41) is 0.132. The zero-order valence-electron chi connectivity index (χ0n) is 21.6. The highest BCUT2D eigenvalue weighted by Crippen LogP contribution is 2.45. The maximum Gasteiger partial charge on any atom is 0.280 e. The van der Waals surface area contributed by atoms with E-state index in [0.29, 0.717) is 37.6 Å². The zero-order chi connectivity index (χ0) is 28.3. The Kier molecular flexibility index (Phi) is 8.76. The van der Waals surface area contributed by atoms with Gasteiger partial charge in [-0.3, -0.25) is 14.5 Å². The fourth-order valence-electron chi connectivity index (χ4n) is 4.47. The molecule has 0 radical (unpaired) electrons. The van der Waals surface area contributed by atoms with Crippen LogP contribution in [0.5, 0.6) is 11.5 Å². The minimum Gasteiger partial charge on any atom is -0.454 e. The van der Waals surface area contributed by atoms with E-state index in [1.54, 1.807) is 19.1 Å². The van der Waals surface area contributed by atoms with Gasteiger partial charge in [-0.25, -0.2) is 8.42 Å².